The van der Waals surface area contributed by atoms with Crippen LogP contribution in [0.3, 0.4) is 0 Å². The molecule has 0 N–H and O–H groups in total. The second-order valence-corrected chi connectivity index (χ2v) is 17.0. The van der Waals surface area contributed by atoms with E-state index in [2.05, 4.69) is 46.8 Å². The number of urea groups is 1. The number of rotatable bonds is 10. The normalized spacial score (nSPS) is 20.3. The van der Waals surface area contributed by atoms with E-state index in [0.717, 1.165) is 36.1 Å². The number of nitrogens with zero attached hydrogens (tertiary/aromatic N) is 5. The molecular weight excluding hydrogens is 729 g/mol. The maximum Gasteiger partial charge on any atom is 0.326 e. The number of amides is 3. The van der Waals surface area contributed by atoms with E-state index >= 15 is 4.79 Å². The molecule has 3 heterocycles. The molecule has 0 radical (unpaired) electrons. The van der Waals surface area contributed by atoms with Gasteiger partial charge in [-0.1, -0.05) is 98.6 Å². The summed E-state index contributed by atoms with van der Waals surface area (Å²) < 4.78 is 6.31. The van der Waals surface area contributed by atoms with Crippen LogP contribution in [0.5, 0.6) is 5.75 Å². The lowest BCUT2D eigenvalue weighted by Crippen LogP contribution is -2.59. The minimum atomic E-state index is -1.03. The highest BCUT2D eigenvalue weighted by Gasteiger charge is 2.60. The van der Waals surface area contributed by atoms with Crippen LogP contribution in [-0.2, 0) is 27.7 Å². The number of hydrogen-bond acceptors (Lipinski definition) is 5. The quantitative estimate of drug-likeness (QED) is 0.161. The molecule has 55 heavy (non-hydrogen) atoms. The Balaban J connectivity index is 1.35. The summed E-state index contributed by atoms with van der Waals surface area (Å²) in [5.74, 6) is 1.42. The molecule has 0 bridgehead atoms. The molecule has 0 aliphatic carbocycles. The minimum absolute atomic E-state index is 0.137. The van der Waals surface area contributed by atoms with Crippen molar-refractivity contribution in [3.63, 3.8) is 0 Å². The number of likely N-dealkylation sites (N-methyl/N-ethyl adjacent to an activating group) is 1. The largest absolute Gasteiger partial charge is 0.493 e. The van der Waals surface area contributed by atoms with Crippen molar-refractivity contribution in [1.29, 1.82) is 0 Å². The van der Waals surface area contributed by atoms with Crippen LogP contribution in [0.15, 0.2) is 96.1 Å². The summed E-state index contributed by atoms with van der Waals surface area (Å²) in [6.45, 7) is 14.6. The van der Waals surface area contributed by atoms with Gasteiger partial charge in [-0.15, -0.1) is 0 Å². The van der Waals surface area contributed by atoms with Gasteiger partial charge in [0, 0.05) is 66.5 Å². The van der Waals surface area contributed by atoms with E-state index in [4.69, 9.17) is 37.9 Å². The molecule has 2 aliphatic rings. The fraction of sp³-hybridized carbons (Fsp3) is 0.422. The predicted octanol–water partition coefficient (Wildman–Crippen LogP) is 9.90. The highest BCUT2D eigenvalue weighted by Crippen LogP contribution is 2.54. The van der Waals surface area contributed by atoms with Crippen LogP contribution < -0.4 is 4.74 Å². The van der Waals surface area contributed by atoms with E-state index in [9.17, 15) is 4.79 Å². The molecule has 6 rings (SSSR count). The molecule has 0 saturated carbocycles. The van der Waals surface area contributed by atoms with Gasteiger partial charge in [-0.3, -0.25) is 19.7 Å². The Morgan fingerprint density at radius 2 is 1.51 bits per heavy atom. The van der Waals surface area contributed by atoms with Crippen LogP contribution in [0.1, 0.15) is 88.8 Å². The maximum absolute atomic E-state index is 15.4. The number of hydrogen-bond donors (Lipinski definition) is 0. The van der Waals surface area contributed by atoms with E-state index in [-0.39, 0.29) is 23.3 Å². The molecule has 1 saturated heterocycles. The van der Waals surface area contributed by atoms with E-state index in [1.54, 1.807) is 6.20 Å². The molecule has 2 aliphatic heterocycles. The lowest BCUT2D eigenvalue weighted by Gasteiger charge is -2.47. The smallest absolute Gasteiger partial charge is 0.326 e. The number of likely N-dealkylation sites (tertiary alicyclic amines) is 1. The zero-order valence-electron chi connectivity index (χ0n) is 33.1. The van der Waals surface area contributed by atoms with Crippen LogP contribution in [0, 0.1) is 5.92 Å². The first-order chi connectivity index (χ1) is 26.2. The molecule has 8 nitrogen and oxygen atoms in total. The van der Waals surface area contributed by atoms with E-state index < -0.39 is 11.1 Å². The molecule has 0 spiro atoms. The average molecular weight is 783 g/mol. The van der Waals surface area contributed by atoms with E-state index in [0.29, 0.717) is 59.9 Å². The second kappa shape index (κ2) is 16.4. The second-order valence-electron chi connectivity index (χ2n) is 16.1. The van der Waals surface area contributed by atoms with Crippen LogP contribution >= 0.6 is 23.2 Å². The predicted molar refractivity (Wildman–Crippen MR) is 222 cm³/mol. The van der Waals surface area contributed by atoms with Crippen molar-refractivity contribution in [1.82, 2.24) is 19.7 Å². The summed E-state index contributed by atoms with van der Waals surface area (Å²) in [6, 6.07) is 27.4. The Morgan fingerprint density at radius 3 is 2.09 bits per heavy atom. The van der Waals surface area contributed by atoms with Gasteiger partial charge in [0.05, 0.1) is 12.2 Å². The first-order valence-corrected chi connectivity index (χ1v) is 20.0. The molecule has 1 fully saturated rings. The summed E-state index contributed by atoms with van der Waals surface area (Å²) >= 11 is 12.9. The summed E-state index contributed by atoms with van der Waals surface area (Å²) in [5.41, 5.74) is 2.27. The molecule has 1 aromatic heterocycles. The Kier molecular flexibility index (Phi) is 12.0. The molecule has 4 aromatic rings. The zero-order valence-corrected chi connectivity index (χ0v) is 34.6. The summed E-state index contributed by atoms with van der Waals surface area (Å²) in [4.78, 5) is 44.7. The first kappa shape index (κ1) is 40.3. The lowest BCUT2D eigenvalue weighted by molar-refractivity contribution is -0.131. The average Bonchev–Trinajstić information content (AvgIpc) is 3.41. The van der Waals surface area contributed by atoms with E-state index in [1.807, 2.05) is 101 Å². The van der Waals surface area contributed by atoms with Gasteiger partial charge in [0.25, 0.3) is 0 Å². The van der Waals surface area contributed by atoms with Gasteiger partial charge < -0.3 is 14.5 Å². The molecule has 0 unspecified atom stereocenters. The van der Waals surface area contributed by atoms with Gasteiger partial charge in [0.15, 0.2) is 0 Å². The monoisotopic (exact) mass is 781 g/mol. The number of carbonyl (C=O) groups is 2. The topological polar surface area (TPSA) is 78.3 Å². The fourth-order valence-electron chi connectivity index (χ4n) is 7.80. The minimum Gasteiger partial charge on any atom is -0.493 e. The molecule has 10 heteroatoms. The number of aromatic nitrogens is 1. The van der Waals surface area contributed by atoms with Gasteiger partial charge in [-0.2, -0.15) is 0 Å². The highest BCUT2D eigenvalue weighted by molar-refractivity contribution is 6.30. The maximum atomic E-state index is 15.4. The Morgan fingerprint density at radius 1 is 0.909 bits per heavy atom. The van der Waals surface area contributed by atoms with Crippen molar-refractivity contribution < 1.29 is 14.3 Å². The number of carbonyl (C=O) groups excluding carboxylic acids is 2. The van der Waals surface area contributed by atoms with Gasteiger partial charge in [-0.25, -0.2) is 4.79 Å². The van der Waals surface area contributed by atoms with Gasteiger partial charge in [-0.05, 0) is 86.9 Å². The number of aliphatic imine (C=N–C) groups is 1. The summed E-state index contributed by atoms with van der Waals surface area (Å²) in [6.07, 6.45) is 4.53. The molecular formula is C45H53Cl2N5O3. The SMILES string of the molecule is CCOc1cc(C(C)(C)C)ncc1C1=N[C@@](C)(c2ccc(Cl)cc2)[C@@](C)(c2ccc(Cl)cc2)N1C(=O)N1CCC(CC(=O)N(C)CCc2ccccc2)CC1. The molecule has 3 amide bonds. The Hall–Kier alpha value is -4.40. The number of pyridine rings is 1. The number of halogens is 2. The fourth-order valence-corrected chi connectivity index (χ4v) is 8.05. The zero-order chi connectivity index (χ0) is 39.5. The molecule has 290 valence electrons. The third-order valence-electron chi connectivity index (χ3n) is 11.5. The number of benzene rings is 3. The Labute approximate surface area is 336 Å². The third-order valence-corrected chi connectivity index (χ3v) is 12.0. The lowest BCUT2D eigenvalue weighted by atomic mass is 9.71. The molecule has 2 atom stereocenters. The van der Waals surface area contributed by atoms with Crippen LogP contribution in [0.4, 0.5) is 4.79 Å². The number of amidine groups is 1. The Bertz CT molecular complexity index is 2010. The van der Waals surface area contributed by atoms with E-state index in [1.165, 1.54) is 5.56 Å². The number of piperidine rings is 1. The highest BCUT2D eigenvalue weighted by atomic mass is 35.5. The van der Waals surface area contributed by atoms with Crippen LogP contribution in [-0.4, -0.2) is 70.7 Å². The van der Waals surface area contributed by atoms with Crippen molar-refractivity contribution in [2.45, 2.75) is 83.7 Å². The number of ether oxygens (including phenoxy) is 1. The van der Waals surface area contributed by atoms with Crippen molar-refractivity contribution >= 4 is 41.0 Å². The van der Waals surface area contributed by atoms with Gasteiger partial charge in [0.2, 0.25) is 5.91 Å². The van der Waals surface area contributed by atoms with Crippen molar-refractivity contribution in [3.05, 3.63) is 129 Å². The summed E-state index contributed by atoms with van der Waals surface area (Å²) in [7, 11) is 1.88. The van der Waals surface area contributed by atoms with Crippen LogP contribution in [0.25, 0.3) is 0 Å². The summed E-state index contributed by atoms with van der Waals surface area (Å²) in [5, 5.41) is 1.21. The van der Waals surface area contributed by atoms with Gasteiger partial charge >= 0.3 is 6.03 Å². The standard InChI is InChI=1S/C45H53Cl2N5O3/c1-8-55-38-29-39(43(2,3)4)48-30-37(38)41-49-44(5,33-14-18-35(46)19-15-33)45(6,34-16-20-36(47)21-17-34)52(41)42(54)51-26-23-32(24-27-51)28-40(53)50(7)25-22-31-12-10-9-11-13-31/h9-21,29-30,32H,8,22-28H2,1-7H3/t44-,45+/m0/s1. The van der Waals surface area contributed by atoms with Crippen molar-refractivity contribution in [3.8, 4) is 5.75 Å². The van der Waals surface area contributed by atoms with Crippen molar-refractivity contribution in [2.24, 2.45) is 10.9 Å². The van der Waals surface area contributed by atoms with Crippen LogP contribution in [0.2, 0.25) is 10.0 Å². The van der Waals surface area contributed by atoms with Gasteiger partial charge in [0.1, 0.15) is 22.7 Å². The van der Waals surface area contributed by atoms with Crippen molar-refractivity contribution in [2.75, 3.05) is 33.3 Å². The molecule has 3 aromatic carbocycles. The third kappa shape index (κ3) is 8.27. The first-order valence-electron chi connectivity index (χ1n) is 19.3.